The minimum atomic E-state index is -0.391. The highest BCUT2D eigenvalue weighted by molar-refractivity contribution is 5.90. The van der Waals surface area contributed by atoms with Crippen molar-refractivity contribution >= 4 is 11.7 Å². The lowest BCUT2D eigenvalue weighted by Crippen LogP contribution is -2.28. The van der Waals surface area contributed by atoms with E-state index in [1.807, 2.05) is 24.3 Å². The van der Waals surface area contributed by atoms with Crippen molar-refractivity contribution in [2.24, 2.45) is 0 Å². The van der Waals surface area contributed by atoms with Crippen LogP contribution in [0.5, 0.6) is 11.5 Å². The number of carbonyl (C=O) groups is 1. The van der Waals surface area contributed by atoms with Gasteiger partial charge in [-0.1, -0.05) is 30.3 Å². The fourth-order valence-electron chi connectivity index (χ4n) is 1.77. The molecule has 2 aromatic rings. The van der Waals surface area contributed by atoms with Crippen LogP contribution in [0.2, 0.25) is 0 Å². The summed E-state index contributed by atoms with van der Waals surface area (Å²) < 4.78 is 5.20. The number of anilines is 1. The van der Waals surface area contributed by atoms with Crippen LogP contribution in [-0.2, 0) is 6.54 Å². The first-order valence-electron chi connectivity index (χ1n) is 6.15. The Labute approximate surface area is 117 Å². The van der Waals surface area contributed by atoms with Crippen LogP contribution < -0.4 is 15.4 Å². The fourth-order valence-corrected chi connectivity index (χ4v) is 1.77. The van der Waals surface area contributed by atoms with Gasteiger partial charge in [0.05, 0.1) is 12.8 Å². The number of carbonyl (C=O) groups excluding carboxylic acids is 1. The molecule has 5 nitrogen and oxygen atoms in total. The third-order valence-electron chi connectivity index (χ3n) is 2.78. The summed E-state index contributed by atoms with van der Waals surface area (Å²) >= 11 is 0. The zero-order valence-corrected chi connectivity index (χ0v) is 11.1. The molecular weight excluding hydrogens is 256 g/mol. The van der Waals surface area contributed by atoms with E-state index in [0.29, 0.717) is 12.2 Å². The standard InChI is InChI=1S/C15H16N2O3/c1-20-14-9-5-2-6-11(14)10-16-15(19)17-12-7-3-4-8-13(12)18/h2-9,18H,10H2,1H3,(H2,16,17,19). The average Bonchev–Trinajstić information content (AvgIpc) is 2.48. The molecule has 2 rings (SSSR count). The van der Waals surface area contributed by atoms with Gasteiger partial charge in [0.2, 0.25) is 0 Å². The summed E-state index contributed by atoms with van der Waals surface area (Å²) in [5, 5.41) is 14.8. The van der Waals surface area contributed by atoms with E-state index in [-0.39, 0.29) is 5.75 Å². The normalized spacial score (nSPS) is 9.85. The zero-order valence-electron chi connectivity index (χ0n) is 11.1. The van der Waals surface area contributed by atoms with Crippen LogP contribution in [0.15, 0.2) is 48.5 Å². The molecule has 0 heterocycles. The van der Waals surface area contributed by atoms with Gasteiger partial charge in [-0.2, -0.15) is 0 Å². The summed E-state index contributed by atoms with van der Waals surface area (Å²) in [5.41, 5.74) is 1.24. The summed E-state index contributed by atoms with van der Waals surface area (Å²) in [6.07, 6.45) is 0. The Kier molecular flexibility index (Phi) is 4.44. The number of ether oxygens (including phenoxy) is 1. The molecule has 0 atom stereocenters. The molecule has 2 amide bonds. The van der Waals surface area contributed by atoms with Crippen LogP contribution in [0.3, 0.4) is 0 Å². The van der Waals surface area contributed by atoms with Crippen LogP contribution >= 0.6 is 0 Å². The Morgan fingerprint density at radius 2 is 1.85 bits per heavy atom. The van der Waals surface area contributed by atoms with E-state index in [9.17, 15) is 9.90 Å². The number of aromatic hydroxyl groups is 1. The number of hydrogen-bond donors (Lipinski definition) is 3. The molecule has 0 aliphatic carbocycles. The maximum absolute atomic E-state index is 11.8. The lowest BCUT2D eigenvalue weighted by Gasteiger charge is -2.11. The summed E-state index contributed by atoms with van der Waals surface area (Å²) in [6.45, 7) is 0.337. The number of urea groups is 1. The SMILES string of the molecule is COc1ccccc1CNC(=O)Nc1ccccc1O. The van der Waals surface area contributed by atoms with E-state index in [1.165, 1.54) is 6.07 Å². The number of rotatable bonds is 4. The van der Waals surface area contributed by atoms with Gasteiger partial charge in [0.1, 0.15) is 11.5 Å². The predicted molar refractivity (Wildman–Crippen MR) is 77.0 cm³/mol. The summed E-state index contributed by atoms with van der Waals surface area (Å²) in [5.74, 6) is 0.746. The van der Waals surface area contributed by atoms with Crippen molar-refractivity contribution in [2.75, 3.05) is 12.4 Å². The molecular formula is C15H16N2O3. The molecule has 0 bridgehead atoms. The van der Waals surface area contributed by atoms with E-state index in [0.717, 1.165) is 11.3 Å². The van der Waals surface area contributed by atoms with E-state index in [2.05, 4.69) is 10.6 Å². The molecule has 3 N–H and O–H groups in total. The van der Waals surface area contributed by atoms with E-state index >= 15 is 0 Å². The third kappa shape index (κ3) is 3.41. The molecule has 0 fully saturated rings. The number of hydrogen-bond acceptors (Lipinski definition) is 3. The highest BCUT2D eigenvalue weighted by Gasteiger charge is 2.07. The van der Waals surface area contributed by atoms with E-state index < -0.39 is 6.03 Å². The second-order valence-corrected chi connectivity index (χ2v) is 4.14. The molecule has 0 aliphatic rings. The second kappa shape index (κ2) is 6.47. The van der Waals surface area contributed by atoms with Gasteiger partial charge in [-0.25, -0.2) is 4.79 Å². The first-order chi connectivity index (χ1) is 9.70. The molecule has 0 aliphatic heterocycles. The number of phenols is 1. The minimum absolute atomic E-state index is 0.0277. The Balaban J connectivity index is 1.94. The van der Waals surface area contributed by atoms with E-state index in [1.54, 1.807) is 25.3 Å². The molecule has 0 spiro atoms. The quantitative estimate of drug-likeness (QED) is 0.749. The van der Waals surface area contributed by atoms with Crippen LogP contribution in [-0.4, -0.2) is 18.2 Å². The van der Waals surface area contributed by atoms with Crippen LogP contribution in [0.1, 0.15) is 5.56 Å². The van der Waals surface area contributed by atoms with Crippen molar-refractivity contribution in [3.05, 3.63) is 54.1 Å². The number of phenolic OH excluding ortho intramolecular Hbond substituents is 1. The Morgan fingerprint density at radius 3 is 2.60 bits per heavy atom. The van der Waals surface area contributed by atoms with Crippen molar-refractivity contribution in [2.45, 2.75) is 6.54 Å². The molecule has 0 saturated heterocycles. The number of para-hydroxylation sites is 3. The maximum atomic E-state index is 11.8. The molecule has 2 aromatic carbocycles. The second-order valence-electron chi connectivity index (χ2n) is 4.14. The lowest BCUT2D eigenvalue weighted by atomic mass is 10.2. The van der Waals surface area contributed by atoms with Crippen molar-refractivity contribution < 1.29 is 14.6 Å². The van der Waals surface area contributed by atoms with Gasteiger partial charge in [0, 0.05) is 12.1 Å². The highest BCUT2D eigenvalue weighted by atomic mass is 16.5. The largest absolute Gasteiger partial charge is 0.506 e. The van der Waals surface area contributed by atoms with Gasteiger partial charge in [0.15, 0.2) is 0 Å². The van der Waals surface area contributed by atoms with Crippen LogP contribution in [0.25, 0.3) is 0 Å². The fraction of sp³-hybridized carbons (Fsp3) is 0.133. The first-order valence-corrected chi connectivity index (χ1v) is 6.15. The highest BCUT2D eigenvalue weighted by Crippen LogP contribution is 2.21. The van der Waals surface area contributed by atoms with Crippen molar-refractivity contribution in [3.8, 4) is 11.5 Å². The molecule has 104 valence electrons. The first kappa shape index (κ1) is 13.7. The van der Waals surface area contributed by atoms with Crippen LogP contribution in [0, 0.1) is 0 Å². The van der Waals surface area contributed by atoms with Gasteiger partial charge in [-0.3, -0.25) is 0 Å². The third-order valence-corrected chi connectivity index (χ3v) is 2.78. The monoisotopic (exact) mass is 272 g/mol. The molecule has 0 saturated carbocycles. The Morgan fingerprint density at radius 1 is 1.15 bits per heavy atom. The van der Waals surface area contributed by atoms with Crippen molar-refractivity contribution in [1.29, 1.82) is 0 Å². The topological polar surface area (TPSA) is 70.6 Å². The van der Waals surface area contributed by atoms with Gasteiger partial charge < -0.3 is 20.5 Å². The minimum Gasteiger partial charge on any atom is -0.506 e. The van der Waals surface area contributed by atoms with Gasteiger partial charge in [-0.15, -0.1) is 0 Å². The van der Waals surface area contributed by atoms with Crippen molar-refractivity contribution in [3.63, 3.8) is 0 Å². The molecule has 0 unspecified atom stereocenters. The molecule has 0 aromatic heterocycles. The summed E-state index contributed by atoms with van der Waals surface area (Å²) in [4.78, 5) is 11.8. The summed E-state index contributed by atoms with van der Waals surface area (Å²) in [6, 6.07) is 13.6. The molecule has 5 heteroatoms. The summed E-state index contributed by atoms with van der Waals surface area (Å²) in [7, 11) is 1.58. The smallest absolute Gasteiger partial charge is 0.319 e. The Bertz CT molecular complexity index is 599. The van der Waals surface area contributed by atoms with E-state index in [4.69, 9.17) is 4.74 Å². The lowest BCUT2D eigenvalue weighted by molar-refractivity contribution is 0.251. The Hall–Kier alpha value is -2.69. The molecule has 20 heavy (non-hydrogen) atoms. The number of amides is 2. The van der Waals surface area contributed by atoms with Crippen molar-refractivity contribution in [1.82, 2.24) is 5.32 Å². The maximum Gasteiger partial charge on any atom is 0.319 e. The van der Waals surface area contributed by atoms with Gasteiger partial charge in [0.25, 0.3) is 0 Å². The van der Waals surface area contributed by atoms with Crippen LogP contribution in [0.4, 0.5) is 10.5 Å². The number of benzene rings is 2. The zero-order chi connectivity index (χ0) is 14.4. The number of methoxy groups -OCH3 is 1. The van der Waals surface area contributed by atoms with Gasteiger partial charge >= 0.3 is 6.03 Å². The predicted octanol–water partition coefficient (Wildman–Crippen LogP) is 2.72. The van der Waals surface area contributed by atoms with Gasteiger partial charge in [-0.05, 0) is 18.2 Å². The molecule has 0 radical (unpaired) electrons. The number of nitrogens with one attached hydrogen (secondary N) is 2. The average molecular weight is 272 g/mol.